The van der Waals surface area contributed by atoms with E-state index in [0.717, 1.165) is 21.8 Å². The van der Waals surface area contributed by atoms with E-state index < -0.39 is 0 Å². The number of phenolic OH excluding ortho intramolecular Hbond substituents is 1. The molecule has 0 amide bonds. The summed E-state index contributed by atoms with van der Waals surface area (Å²) in [7, 11) is 0. The molecule has 0 spiro atoms. The van der Waals surface area contributed by atoms with Crippen molar-refractivity contribution >= 4 is 43.6 Å². The minimum absolute atomic E-state index is 0.0286. The Balaban J connectivity index is 2.06. The van der Waals surface area contributed by atoms with Crippen molar-refractivity contribution in [2.75, 3.05) is 0 Å². The van der Waals surface area contributed by atoms with Crippen LogP contribution < -0.4 is 5.43 Å². The summed E-state index contributed by atoms with van der Waals surface area (Å²) in [5.41, 5.74) is 2.88. The van der Waals surface area contributed by atoms with Crippen LogP contribution in [0.5, 0.6) is 5.75 Å². The van der Waals surface area contributed by atoms with E-state index in [0.29, 0.717) is 21.8 Å². The van der Waals surface area contributed by atoms with Crippen molar-refractivity contribution in [3.05, 3.63) is 70.9 Å². The average Bonchev–Trinajstić information content (AvgIpc) is 2.60. The van der Waals surface area contributed by atoms with Crippen LogP contribution in [0.1, 0.15) is 0 Å². The Bertz CT molecular complexity index is 1340. The molecule has 0 bridgehead atoms. The number of aromatic nitrogens is 2. The zero-order valence-corrected chi connectivity index (χ0v) is 12.6. The number of H-pyrrole nitrogens is 1. The highest BCUT2D eigenvalue weighted by Gasteiger charge is 2.11. The van der Waals surface area contributed by atoms with Crippen molar-refractivity contribution in [3.63, 3.8) is 0 Å². The summed E-state index contributed by atoms with van der Waals surface area (Å²) in [6, 6.07) is 18.3. The number of phenols is 1. The first-order valence-electron chi connectivity index (χ1n) is 7.68. The van der Waals surface area contributed by atoms with Gasteiger partial charge in [0.25, 0.3) is 0 Å². The van der Waals surface area contributed by atoms with Gasteiger partial charge in [0.2, 0.25) is 0 Å². The number of fused-ring (bicyclic) bond motifs is 6. The second-order valence-corrected chi connectivity index (χ2v) is 5.89. The summed E-state index contributed by atoms with van der Waals surface area (Å²) in [5, 5.41) is 13.4. The third kappa shape index (κ3) is 1.68. The highest BCUT2D eigenvalue weighted by Crippen LogP contribution is 2.32. The molecule has 0 unspecified atom stereocenters. The van der Waals surface area contributed by atoms with Gasteiger partial charge in [-0.3, -0.25) is 4.79 Å². The average molecular weight is 312 g/mol. The minimum Gasteiger partial charge on any atom is -0.507 e. The first-order valence-corrected chi connectivity index (χ1v) is 7.68. The van der Waals surface area contributed by atoms with Crippen LogP contribution in [0.4, 0.5) is 0 Å². The second kappa shape index (κ2) is 4.55. The standard InChI is InChI=1S/C20H12N2O2/c23-15-5-1-3-11-7-9-13-19(17(11)15)21-14-10-8-12-4-2-6-16(24)18(12)20(14)22-13/h1-10,21,24H. The predicted molar refractivity (Wildman–Crippen MR) is 96.5 cm³/mol. The summed E-state index contributed by atoms with van der Waals surface area (Å²) in [4.78, 5) is 20.4. The number of rotatable bonds is 0. The van der Waals surface area contributed by atoms with Gasteiger partial charge in [-0.25, -0.2) is 4.98 Å². The molecule has 4 nitrogen and oxygen atoms in total. The van der Waals surface area contributed by atoms with Crippen LogP contribution in [0, 0.1) is 0 Å². The molecule has 5 aromatic rings. The minimum atomic E-state index is -0.0286. The smallest absolute Gasteiger partial charge is 0.188 e. The Morgan fingerprint density at radius 3 is 2.46 bits per heavy atom. The lowest BCUT2D eigenvalue weighted by Crippen LogP contribution is -2.01. The summed E-state index contributed by atoms with van der Waals surface area (Å²) < 4.78 is 0. The number of aromatic amines is 1. The molecule has 1 aromatic heterocycles. The van der Waals surface area contributed by atoms with Crippen LogP contribution in [-0.4, -0.2) is 15.1 Å². The molecular weight excluding hydrogens is 300 g/mol. The summed E-state index contributed by atoms with van der Waals surface area (Å²) in [6.07, 6.45) is 0. The largest absolute Gasteiger partial charge is 0.507 e. The Morgan fingerprint density at radius 2 is 1.58 bits per heavy atom. The molecule has 114 valence electrons. The maximum Gasteiger partial charge on any atom is 0.188 e. The number of hydrogen-bond acceptors (Lipinski definition) is 3. The number of nitrogens with zero attached hydrogens (tertiary/aromatic N) is 1. The van der Waals surface area contributed by atoms with Crippen LogP contribution in [0.2, 0.25) is 0 Å². The molecule has 5 rings (SSSR count). The first kappa shape index (κ1) is 13.1. The van der Waals surface area contributed by atoms with Crippen LogP contribution in [0.3, 0.4) is 0 Å². The highest BCUT2D eigenvalue weighted by atomic mass is 16.3. The first-order chi connectivity index (χ1) is 11.7. The van der Waals surface area contributed by atoms with E-state index in [2.05, 4.69) is 4.98 Å². The highest BCUT2D eigenvalue weighted by molar-refractivity contribution is 6.12. The van der Waals surface area contributed by atoms with Crippen LogP contribution in [-0.2, 0) is 0 Å². The third-order valence-electron chi connectivity index (χ3n) is 4.47. The molecule has 0 aliphatic heterocycles. The van der Waals surface area contributed by atoms with Gasteiger partial charge >= 0.3 is 0 Å². The fourth-order valence-corrected chi connectivity index (χ4v) is 3.37. The van der Waals surface area contributed by atoms with Gasteiger partial charge in [0.15, 0.2) is 5.43 Å². The summed E-state index contributed by atoms with van der Waals surface area (Å²) in [5.74, 6) is 0.198. The van der Waals surface area contributed by atoms with Gasteiger partial charge in [-0.1, -0.05) is 36.4 Å². The molecule has 0 saturated heterocycles. The number of nitrogens with one attached hydrogen (secondary N) is 1. The third-order valence-corrected chi connectivity index (χ3v) is 4.47. The fraction of sp³-hybridized carbons (Fsp3) is 0. The molecule has 0 saturated carbocycles. The van der Waals surface area contributed by atoms with Gasteiger partial charge < -0.3 is 10.1 Å². The van der Waals surface area contributed by atoms with Crippen molar-refractivity contribution in [2.45, 2.75) is 0 Å². The fourth-order valence-electron chi connectivity index (χ4n) is 3.37. The Morgan fingerprint density at radius 1 is 0.833 bits per heavy atom. The molecule has 0 fully saturated rings. The molecule has 0 aliphatic carbocycles. The van der Waals surface area contributed by atoms with Crippen molar-refractivity contribution in [1.29, 1.82) is 0 Å². The van der Waals surface area contributed by atoms with E-state index in [1.807, 2.05) is 42.5 Å². The van der Waals surface area contributed by atoms with Gasteiger partial charge in [0.05, 0.1) is 32.8 Å². The van der Waals surface area contributed by atoms with Crippen molar-refractivity contribution in [2.24, 2.45) is 0 Å². The summed E-state index contributed by atoms with van der Waals surface area (Å²) in [6.45, 7) is 0. The Hall–Kier alpha value is -3.40. The predicted octanol–water partition coefficient (Wildman–Crippen LogP) is 4.09. The Labute approximate surface area is 136 Å². The van der Waals surface area contributed by atoms with E-state index in [-0.39, 0.29) is 11.2 Å². The van der Waals surface area contributed by atoms with E-state index in [4.69, 9.17) is 4.98 Å². The van der Waals surface area contributed by atoms with Gasteiger partial charge in [0, 0.05) is 0 Å². The van der Waals surface area contributed by atoms with Gasteiger partial charge in [-0.15, -0.1) is 0 Å². The lowest BCUT2D eigenvalue weighted by Gasteiger charge is -2.09. The zero-order valence-electron chi connectivity index (χ0n) is 12.6. The van der Waals surface area contributed by atoms with E-state index in [1.165, 1.54) is 0 Å². The monoisotopic (exact) mass is 312 g/mol. The second-order valence-electron chi connectivity index (χ2n) is 5.89. The Kier molecular flexibility index (Phi) is 2.48. The molecule has 1 heterocycles. The van der Waals surface area contributed by atoms with E-state index in [9.17, 15) is 9.90 Å². The SMILES string of the molecule is O=c1cccc2ccc3nc4c(ccc5cccc(O)c54)[nH]c3c12. The molecule has 4 heteroatoms. The molecule has 0 aliphatic rings. The maximum absolute atomic E-state index is 12.3. The topological polar surface area (TPSA) is 66.0 Å². The van der Waals surface area contributed by atoms with Crippen LogP contribution >= 0.6 is 0 Å². The number of benzene rings is 4. The van der Waals surface area contributed by atoms with Gasteiger partial charge in [-0.05, 0) is 35.0 Å². The quantitative estimate of drug-likeness (QED) is 0.334. The van der Waals surface area contributed by atoms with E-state index >= 15 is 0 Å². The lowest BCUT2D eigenvalue weighted by atomic mass is 10.1. The number of aromatic hydroxyl groups is 1. The van der Waals surface area contributed by atoms with Crippen LogP contribution in [0.25, 0.3) is 43.6 Å². The van der Waals surface area contributed by atoms with E-state index in [1.54, 1.807) is 18.2 Å². The molecule has 0 atom stereocenters. The van der Waals surface area contributed by atoms with Crippen molar-refractivity contribution < 1.29 is 5.11 Å². The zero-order chi connectivity index (χ0) is 16.3. The molecule has 4 aromatic carbocycles. The van der Waals surface area contributed by atoms with Crippen molar-refractivity contribution in [1.82, 2.24) is 9.97 Å². The molecule has 2 N–H and O–H groups in total. The lowest BCUT2D eigenvalue weighted by molar-refractivity contribution is 0.482. The number of hydrogen-bond donors (Lipinski definition) is 2. The molecular formula is C20H12N2O2. The maximum atomic E-state index is 12.3. The van der Waals surface area contributed by atoms with Crippen molar-refractivity contribution in [3.8, 4) is 5.75 Å². The summed E-state index contributed by atoms with van der Waals surface area (Å²) >= 11 is 0. The van der Waals surface area contributed by atoms with Gasteiger partial charge in [0.1, 0.15) is 5.75 Å². The van der Waals surface area contributed by atoms with Gasteiger partial charge in [-0.2, -0.15) is 0 Å². The molecule has 0 radical (unpaired) electrons. The molecule has 24 heavy (non-hydrogen) atoms. The van der Waals surface area contributed by atoms with Crippen LogP contribution in [0.15, 0.2) is 65.5 Å². The normalized spacial score (nSPS) is 11.7.